The highest BCUT2D eigenvalue weighted by molar-refractivity contribution is 7.09. The molecule has 0 saturated heterocycles. The van der Waals surface area contributed by atoms with Crippen molar-refractivity contribution in [2.45, 2.75) is 53.0 Å². The minimum Gasteiger partial charge on any atom is -0.322 e. The lowest BCUT2D eigenvalue weighted by Crippen LogP contribution is -2.12. The molecule has 2 nitrogen and oxygen atoms in total. The van der Waals surface area contributed by atoms with Gasteiger partial charge in [0.25, 0.3) is 0 Å². The molecule has 14 heavy (non-hydrogen) atoms. The van der Waals surface area contributed by atoms with Crippen molar-refractivity contribution in [3.63, 3.8) is 0 Å². The van der Waals surface area contributed by atoms with Gasteiger partial charge in [0.1, 0.15) is 5.01 Å². The van der Waals surface area contributed by atoms with E-state index in [0.717, 1.165) is 10.7 Å². The van der Waals surface area contributed by atoms with Crippen LogP contribution in [0.25, 0.3) is 0 Å². The maximum atomic E-state index is 5.72. The van der Waals surface area contributed by atoms with E-state index in [4.69, 9.17) is 5.73 Å². The van der Waals surface area contributed by atoms with E-state index in [1.54, 1.807) is 11.3 Å². The average molecular weight is 214 g/mol. The SMILES string of the molecule is CC.CC(N)c1nc(C(C)(C)C)cs1. The molecule has 82 valence electrons. The second-order valence-electron chi connectivity index (χ2n) is 4.11. The zero-order chi connectivity index (χ0) is 11.4. The van der Waals surface area contributed by atoms with Gasteiger partial charge in [-0.2, -0.15) is 0 Å². The molecule has 0 aromatic carbocycles. The third-order valence-corrected chi connectivity index (χ3v) is 2.73. The summed E-state index contributed by atoms with van der Waals surface area (Å²) in [6.45, 7) is 12.4. The van der Waals surface area contributed by atoms with Crippen molar-refractivity contribution in [2.75, 3.05) is 0 Å². The van der Waals surface area contributed by atoms with Crippen LogP contribution in [0.4, 0.5) is 0 Å². The van der Waals surface area contributed by atoms with Gasteiger partial charge in [0.05, 0.1) is 11.7 Å². The molecule has 2 N–H and O–H groups in total. The lowest BCUT2D eigenvalue weighted by molar-refractivity contribution is 0.569. The molecule has 0 fully saturated rings. The summed E-state index contributed by atoms with van der Waals surface area (Å²) >= 11 is 1.65. The summed E-state index contributed by atoms with van der Waals surface area (Å²) in [6.07, 6.45) is 0. The van der Waals surface area contributed by atoms with Gasteiger partial charge in [-0.1, -0.05) is 34.6 Å². The van der Waals surface area contributed by atoms with Gasteiger partial charge in [-0.05, 0) is 6.92 Å². The van der Waals surface area contributed by atoms with Gasteiger partial charge in [0, 0.05) is 10.8 Å². The summed E-state index contributed by atoms with van der Waals surface area (Å²) in [7, 11) is 0. The summed E-state index contributed by atoms with van der Waals surface area (Å²) in [5.41, 5.74) is 7.00. The second-order valence-corrected chi connectivity index (χ2v) is 5.00. The molecule has 0 aliphatic heterocycles. The van der Waals surface area contributed by atoms with Crippen LogP contribution in [0, 0.1) is 0 Å². The highest BCUT2D eigenvalue weighted by Crippen LogP contribution is 2.25. The Morgan fingerprint density at radius 1 is 1.36 bits per heavy atom. The Bertz CT molecular complexity index is 258. The smallest absolute Gasteiger partial charge is 0.109 e. The van der Waals surface area contributed by atoms with E-state index in [2.05, 4.69) is 31.1 Å². The zero-order valence-corrected chi connectivity index (χ0v) is 10.9. The van der Waals surface area contributed by atoms with Crippen molar-refractivity contribution < 1.29 is 0 Å². The Kier molecular flexibility index (Phi) is 5.31. The standard InChI is InChI=1S/C9H16N2S.C2H6/c1-6(10)8-11-7(5-12-8)9(2,3)4;1-2/h5-6H,10H2,1-4H3;1-2H3. The lowest BCUT2D eigenvalue weighted by atomic mass is 9.93. The van der Waals surface area contributed by atoms with Gasteiger partial charge >= 0.3 is 0 Å². The van der Waals surface area contributed by atoms with Crippen LogP contribution in [-0.4, -0.2) is 4.98 Å². The number of nitrogens with zero attached hydrogens (tertiary/aromatic N) is 1. The topological polar surface area (TPSA) is 38.9 Å². The predicted octanol–water partition coefficient (Wildman–Crippen LogP) is 3.49. The number of aromatic nitrogens is 1. The highest BCUT2D eigenvalue weighted by Gasteiger charge is 2.18. The molecule has 1 heterocycles. The van der Waals surface area contributed by atoms with E-state index < -0.39 is 0 Å². The monoisotopic (exact) mass is 214 g/mol. The van der Waals surface area contributed by atoms with Crippen LogP contribution in [0.1, 0.15) is 58.3 Å². The Balaban J connectivity index is 0.000000791. The van der Waals surface area contributed by atoms with Crippen molar-refractivity contribution in [1.82, 2.24) is 4.98 Å². The maximum Gasteiger partial charge on any atom is 0.109 e. The third-order valence-electron chi connectivity index (χ3n) is 1.68. The van der Waals surface area contributed by atoms with Crippen LogP contribution in [0.3, 0.4) is 0 Å². The predicted molar refractivity (Wildman–Crippen MR) is 64.8 cm³/mol. The molecule has 0 spiro atoms. The van der Waals surface area contributed by atoms with E-state index in [-0.39, 0.29) is 11.5 Å². The van der Waals surface area contributed by atoms with Crippen molar-refractivity contribution in [3.8, 4) is 0 Å². The molecular weight excluding hydrogens is 192 g/mol. The fourth-order valence-electron chi connectivity index (χ4n) is 0.841. The van der Waals surface area contributed by atoms with Crippen LogP contribution >= 0.6 is 11.3 Å². The fourth-order valence-corrected chi connectivity index (χ4v) is 1.85. The molecule has 0 amide bonds. The first kappa shape index (κ1) is 13.6. The van der Waals surface area contributed by atoms with Crippen LogP contribution < -0.4 is 5.73 Å². The summed E-state index contributed by atoms with van der Waals surface area (Å²) in [6, 6.07) is 0.0612. The number of rotatable bonds is 1. The lowest BCUT2D eigenvalue weighted by Gasteiger charge is -2.14. The van der Waals surface area contributed by atoms with Crippen LogP contribution in [0.2, 0.25) is 0 Å². The zero-order valence-electron chi connectivity index (χ0n) is 10.1. The molecule has 1 rings (SSSR count). The molecule has 1 atom stereocenters. The molecule has 0 aliphatic carbocycles. The Labute approximate surface area is 91.6 Å². The van der Waals surface area contributed by atoms with Crippen LogP contribution in [0.15, 0.2) is 5.38 Å². The van der Waals surface area contributed by atoms with Crippen molar-refractivity contribution in [2.24, 2.45) is 5.73 Å². The molecule has 0 radical (unpaired) electrons. The molecule has 1 aromatic heterocycles. The first-order valence-electron chi connectivity index (χ1n) is 5.13. The normalized spacial score (nSPS) is 13.1. The van der Waals surface area contributed by atoms with Gasteiger partial charge in [-0.25, -0.2) is 4.98 Å². The Hall–Kier alpha value is -0.410. The summed E-state index contributed by atoms with van der Waals surface area (Å²) < 4.78 is 0. The fraction of sp³-hybridized carbons (Fsp3) is 0.727. The third kappa shape index (κ3) is 3.76. The summed E-state index contributed by atoms with van der Waals surface area (Å²) in [4.78, 5) is 4.47. The highest BCUT2D eigenvalue weighted by atomic mass is 32.1. The van der Waals surface area contributed by atoms with Crippen molar-refractivity contribution >= 4 is 11.3 Å². The average Bonchev–Trinajstić information content (AvgIpc) is 2.54. The molecule has 0 bridgehead atoms. The summed E-state index contributed by atoms with van der Waals surface area (Å²) in [5.74, 6) is 0. The Morgan fingerprint density at radius 3 is 2.07 bits per heavy atom. The number of hydrogen-bond donors (Lipinski definition) is 1. The number of nitrogens with two attached hydrogens (primary N) is 1. The largest absolute Gasteiger partial charge is 0.322 e. The molecule has 3 heteroatoms. The van der Waals surface area contributed by atoms with Gasteiger partial charge in [0.15, 0.2) is 0 Å². The van der Waals surface area contributed by atoms with E-state index in [9.17, 15) is 0 Å². The van der Waals surface area contributed by atoms with Gasteiger partial charge in [0.2, 0.25) is 0 Å². The molecular formula is C11H22N2S. The van der Waals surface area contributed by atoms with E-state index in [1.807, 2.05) is 20.8 Å². The van der Waals surface area contributed by atoms with Gasteiger partial charge < -0.3 is 5.73 Å². The van der Waals surface area contributed by atoms with E-state index >= 15 is 0 Å². The van der Waals surface area contributed by atoms with E-state index in [1.165, 1.54) is 0 Å². The van der Waals surface area contributed by atoms with Crippen molar-refractivity contribution in [1.29, 1.82) is 0 Å². The quantitative estimate of drug-likeness (QED) is 0.777. The van der Waals surface area contributed by atoms with E-state index in [0.29, 0.717) is 0 Å². The first-order chi connectivity index (χ1) is 6.41. The minimum atomic E-state index is 0.0612. The number of thiazole rings is 1. The second kappa shape index (κ2) is 5.47. The molecule has 0 aliphatic rings. The van der Waals surface area contributed by atoms with Gasteiger partial charge in [-0.15, -0.1) is 11.3 Å². The van der Waals surface area contributed by atoms with Crippen molar-refractivity contribution in [3.05, 3.63) is 16.1 Å². The Morgan fingerprint density at radius 2 is 1.86 bits per heavy atom. The molecule has 0 saturated carbocycles. The molecule has 1 unspecified atom stereocenters. The minimum absolute atomic E-state index is 0.0612. The first-order valence-corrected chi connectivity index (χ1v) is 6.00. The molecule has 1 aromatic rings. The number of hydrogen-bond acceptors (Lipinski definition) is 3. The van der Waals surface area contributed by atoms with Gasteiger partial charge in [-0.3, -0.25) is 0 Å². The van der Waals surface area contributed by atoms with Crippen LogP contribution in [0.5, 0.6) is 0 Å². The maximum absolute atomic E-state index is 5.72. The van der Waals surface area contributed by atoms with Crippen LogP contribution in [-0.2, 0) is 5.41 Å². The summed E-state index contributed by atoms with van der Waals surface area (Å²) in [5, 5.41) is 3.12.